The van der Waals surface area contributed by atoms with Crippen LogP contribution in [0.15, 0.2) is 65.7 Å². The molecule has 4 nitrogen and oxygen atoms in total. The van der Waals surface area contributed by atoms with Crippen LogP contribution >= 0.6 is 0 Å². The maximum absolute atomic E-state index is 9.52. The number of nitrogens with zero attached hydrogens (tertiary/aromatic N) is 3. The summed E-state index contributed by atoms with van der Waals surface area (Å²) in [6.07, 6.45) is 1.98. The van der Waals surface area contributed by atoms with Gasteiger partial charge < -0.3 is 0 Å². The molecular weight excluding hydrogens is 464 g/mol. The molecule has 0 bridgehead atoms. The Morgan fingerprint density at radius 3 is 2.11 bits per heavy atom. The van der Waals surface area contributed by atoms with Crippen molar-refractivity contribution in [2.45, 2.75) is 86.1 Å². The molecule has 38 heavy (non-hydrogen) atoms. The van der Waals surface area contributed by atoms with E-state index in [0.29, 0.717) is 11.4 Å². The van der Waals surface area contributed by atoms with Crippen LogP contribution in [0.1, 0.15) is 93.3 Å². The molecule has 5 rings (SSSR count). The van der Waals surface area contributed by atoms with Gasteiger partial charge in [0, 0.05) is 16.5 Å². The maximum atomic E-state index is 9.52. The molecule has 0 aromatic heterocycles. The molecule has 0 saturated heterocycles. The minimum absolute atomic E-state index is 0.0348. The summed E-state index contributed by atoms with van der Waals surface area (Å²) in [5.41, 5.74) is 7.70. The van der Waals surface area contributed by atoms with Crippen molar-refractivity contribution in [3.05, 3.63) is 99.6 Å². The number of nitrogens with one attached hydrogen (secondary N) is 1. The first kappa shape index (κ1) is 28.9. The van der Waals surface area contributed by atoms with Crippen LogP contribution < -0.4 is 4.90 Å². The highest BCUT2D eigenvalue weighted by molar-refractivity contribution is 6.30. The predicted octanol–water partition coefficient (Wildman–Crippen LogP) is 8.64. The van der Waals surface area contributed by atoms with Gasteiger partial charge in [0.25, 0.3) is 0 Å². The van der Waals surface area contributed by atoms with E-state index in [9.17, 15) is 10.7 Å². The SMILES string of the molecule is CC.CC.CC[C@]12CC1(C)c1ccccc1C(N(C(=N)c1ccccc1C)c1c(C)cc(C#N)cc1C)=N2. The quantitative estimate of drug-likeness (QED) is 0.285. The number of rotatable bonds is 3. The van der Waals surface area contributed by atoms with Crippen molar-refractivity contribution in [3.8, 4) is 6.07 Å². The van der Waals surface area contributed by atoms with E-state index in [1.807, 2.05) is 89.8 Å². The molecule has 0 spiro atoms. The number of benzene rings is 3. The largest absolute Gasteiger partial charge is 0.283 e. The highest BCUT2D eigenvalue weighted by Crippen LogP contribution is 2.64. The number of hydrogen-bond donors (Lipinski definition) is 1. The van der Waals surface area contributed by atoms with Crippen LogP contribution in [-0.4, -0.2) is 17.2 Å². The van der Waals surface area contributed by atoms with Crippen molar-refractivity contribution < 1.29 is 0 Å². The van der Waals surface area contributed by atoms with Gasteiger partial charge in [0.2, 0.25) is 0 Å². The molecule has 2 aliphatic rings. The summed E-state index contributed by atoms with van der Waals surface area (Å²) >= 11 is 0. The second-order valence-electron chi connectivity index (χ2n) is 9.94. The van der Waals surface area contributed by atoms with Gasteiger partial charge in [-0.15, -0.1) is 0 Å². The molecule has 0 radical (unpaired) electrons. The molecule has 3 aromatic rings. The molecule has 1 aliphatic carbocycles. The molecule has 0 amide bonds. The standard InChI is InChI=1S/C30H30N4.2C2H6/c1-6-30-18-29(30,5)25-14-10-9-13-24(25)28(33-30)34(27(32)23-12-8-7-11-19(23)2)26-20(3)15-22(17-31)16-21(26)4;2*1-2/h7-16,32H,6,18H2,1-5H3;2*1-2H3/t29?,30-;;/m0../s1. The molecule has 3 aromatic carbocycles. The Labute approximate surface area is 229 Å². The van der Waals surface area contributed by atoms with Gasteiger partial charge in [-0.3, -0.25) is 15.3 Å². The third-order valence-electron chi connectivity index (χ3n) is 7.89. The van der Waals surface area contributed by atoms with E-state index >= 15 is 0 Å². The molecule has 1 N–H and O–H groups in total. The summed E-state index contributed by atoms with van der Waals surface area (Å²) < 4.78 is 0. The lowest BCUT2D eigenvalue weighted by atomic mass is 9.84. The number of aliphatic imine (C=N–C) groups is 1. The van der Waals surface area contributed by atoms with Gasteiger partial charge in [-0.1, -0.05) is 90.1 Å². The van der Waals surface area contributed by atoms with Crippen molar-refractivity contribution in [2.75, 3.05) is 4.90 Å². The van der Waals surface area contributed by atoms with Crippen molar-refractivity contribution in [2.24, 2.45) is 4.99 Å². The summed E-state index contributed by atoms with van der Waals surface area (Å²) in [6.45, 7) is 18.6. The molecule has 1 fully saturated rings. The van der Waals surface area contributed by atoms with Crippen molar-refractivity contribution >= 4 is 17.4 Å². The number of fused-ring (bicyclic) bond motifs is 3. The number of hydrogen-bond acceptors (Lipinski definition) is 3. The van der Waals surface area contributed by atoms with E-state index in [0.717, 1.165) is 52.2 Å². The average Bonchev–Trinajstić information content (AvgIpc) is 3.58. The molecule has 1 heterocycles. The van der Waals surface area contributed by atoms with E-state index in [4.69, 9.17) is 4.99 Å². The van der Waals surface area contributed by atoms with Gasteiger partial charge in [-0.2, -0.15) is 5.26 Å². The number of nitriles is 1. The Kier molecular flexibility index (Phi) is 8.62. The fourth-order valence-corrected chi connectivity index (χ4v) is 5.89. The van der Waals surface area contributed by atoms with Gasteiger partial charge in [-0.25, -0.2) is 0 Å². The van der Waals surface area contributed by atoms with Crippen LogP contribution in [-0.2, 0) is 5.41 Å². The van der Waals surface area contributed by atoms with Crippen LogP contribution in [0, 0.1) is 37.5 Å². The normalized spacial score (nSPS) is 20.2. The molecule has 1 saturated carbocycles. The van der Waals surface area contributed by atoms with Gasteiger partial charge in [-0.05, 0) is 68.0 Å². The van der Waals surface area contributed by atoms with Crippen molar-refractivity contribution in [3.63, 3.8) is 0 Å². The minimum atomic E-state index is -0.143. The van der Waals surface area contributed by atoms with Crippen molar-refractivity contribution in [1.29, 1.82) is 10.7 Å². The molecule has 1 unspecified atom stereocenters. The number of amidine groups is 2. The van der Waals surface area contributed by atoms with E-state index < -0.39 is 0 Å². The number of aryl methyl sites for hydroxylation is 3. The number of anilines is 1. The van der Waals surface area contributed by atoms with Crippen molar-refractivity contribution in [1.82, 2.24) is 0 Å². The monoisotopic (exact) mass is 506 g/mol. The summed E-state index contributed by atoms with van der Waals surface area (Å²) in [5.74, 6) is 1.23. The van der Waals surface area contributed by atoms with Gasteiger partial charge in [0.15, 0.2) is 0 Å². The zero-order valence-corrected chi connectivity index (χ0v) is 24.5. The lowest BCUT2D eigenvalue weighted by Crippen LogP contribution is -2.43. The fourth-order valence-electron chi connectivity index (χ4n) is 5.89. The first-order chi connectivity index (χ1) is 18.3. The van der Waals surface area contributed by atoms with Gasteiger partial charge >= 0.3 is 0 Å². The molecule has 1 aliphatic heterocycles. The zero-order valence-electron chi connectivity index (χ0n) is 24.5. The molecule has 2 atom stereocenters. The Morgan fingerprint density at radius 2 is 1.53 bits per heavy atom. The maximum Gasteiger partial charge on any atom is 0.142 e. The Bertz CT molecular complexity index is 1390. The Balaban J connectivity index is 0.000000956. The topological polar surface area (TPSA) is 63.2 Å². The van der Waals surface area contributed by atoms with Crippen LogP contribution in [0.25, 0.3) is 0 Å². The Hall–Kier alpha value is -3.71. The summed E-state index contributed by atoms with van der Waals surface area (Å²) in [4.78, 5) is 7.46. The lowest BCUT2D eigenvalue weighted by Gasteiger charge is -2.36. The van der Waals surface area contributed by atoms with Gasteiger partial charge in [0.05, 0.1) is 22.9 Å². The highest BCUT2D eigenvalue weighted by Gasteiger charge is 2.67. The smallest absolute Gasteiger partial charge is 0.142 e. The summed E-state index contributed by atoms with van der Waals surface area (Å²) in [6, 6.07) is 22.7. The third kappa shape index (κ3) is 4.56. The first-order valence-corrected chi connectivity index (χ1v) is 13.9. The van der Waals surface area contributed by atoms with E-state index in [1.165, 1.54) is 5.56 Å². The predicted molar refractivity (Wildman–Crippen MR) is 162 cm³/mol. The summed E-state index contributed by atoms with van der Waals surface area (Å²) in [5, 5.41) is 19.0. The van der Waals surface area contributed by atoms with Crippen LogP contribution in [0.2, 0.25) is 0 Å². The van der Waals surface area contributed by atoms with E-state index in [-0.39, 0.29) is 11.0 Å². The van der Waals surface area contributed by atoms with Crippen LogP contribution in [0.3, 0.4) is 0 Å². The lowest BCUT2D eigenvalue weighted by molar-refractivity contribution is 0.541. The second-order valence-corrected chi connectivity index (χ2v) is 9.94. The van der Waals surface area contributed by atoms with Gasteiger partial charge in [0.1, 0.15) is 11.7 Å². The minimum Gasteiger partial charge on any atom is -0.283 e. The average molecular weight is 507 g/mol. The molecule has 4 heteroatoms. The zero-order chi connectivity index (χ0) is 28.3. The highest BCUT2D eigenvalue weighted by atomic mass is 15.3. The second kappa shape index (κ2) is 11.4. The van der Waals surface area contributed by atoms with E-state index in [2.05, 4.69) is 44.2 Å². The molecular formula is C34H42N4. The Morgan fingerprint density at radius 1 is 0.947 bits per heavy atom. The van der Waals surface area contributed by atoms with E-state index in [1.54, 1.807) is 0 Å². The molecule has 198 valence electrons. The first-order valence-electron chi connectivity index (χ1n) is 13.9. The summed E-state index contributed by atoms with van der Waals surface area (Å²) in [7, 11) is 0. The van der Waals surface area contributed by atoms with Crippen LogP contribution in [0.4, 0.5) is 5.69 Å². The third-order valence-corrected chi connectivity index (χ3v) is 7.89. The van der Waals surface area contributed by atoms with Crippen LogP contribution in [0.5, 0.6) is 0 Å². The fraction of sp³-hybridized carbons (Fsp3) is 0.382.